The quantitative estimate of drug-likeness (QED) is 0.252. The lowest BCUT2D eigenvalue weighted by Gasteiger charge is -2.28. The summed E-state index contributed by atoms with van der Waals surface area (Å²) in [6.45, 7) is 8.17. The smallest absolute Gasteiger partial charge is 0.335 e. The van der Waals surface area contributed by atoms with Crippen LogP contribution in [0.1, 0.15) is 60.8 Å². The predicted octanol–water partition coefficient (Wildman–Crippen LogP) is 6.46. The third-order valence-corrected chi connectivity index (χ3v) is 6.66. The van der Waals surface area contributed by atoms with Crippen molar-refractivity contribution >= 4 is 17.6 Å². The fourth-order valence-electron chi connectivity index (χ4n) is 4.38. The van der Waals surface area contributed by atoms with Crippen LogP contribution in [-0.4, -0.2) is 41.0 Å². The van der Waals surface area contributed by atoms with Gasteiger partial charge in [-0.3, -0.25) is 0 Å². The Bertz CT molecular complexity index is 1230. The molecule has 0 bridgehead atoms. The van der Waals surface area contributed by atoms with E-state index in [4.69, 9.17) is 16.3 Å². The van der Waals surface area contributed by atoms with Crippen molar-refractivity contribution in [1.29, 1.82) is 0 Å². The molecule has 0 unspecified atom stereocenters. The van der Waals surface area contributed by atoms with Crippen molar-refractivity contribution in [3.8, 4) is 11.1 Å². The molecular weight excluding hydrogens is 493 g/mol. The summed E-state index contributed by atoms with van der Waals surface area (Å²) in [7, 11) is 0. The molecule has 0 aromatic heterocycles. The highest BCUT2D eigenvalue weighted by Gasteiger charge is 2.22. The van der Waals surface area contributed by atoms with E-state index in [-0.39, 0.29) is 25.1 Å². The van der Waals surface area contributed by atoms with Crippen LogP contribution in [0.2, 0.25) is 5.02 Å². The number of aryl methyl sites for hydroxylation is 1. The summed E-state index contributed by atoms with van der Waals surface area (Å²) in [5.74, 6) is -1.28. The number of ether oxygens (including phenoxy) is 1. The lowest BCUT2D eigenvalue weighted by Crippen LogP contribution is -2.46. The zero-order chi connectivity index (χ0) is 27.2. The number of nitrogens with one attached hydrogen (secondary N) is 1. The number of aromatic carboxylic acids is 1. The maximum Gasteiger partial charge on any atom is 0.335 e. The number of halogens is 2. The Hall–Kier alpha value is -2.77. The zero-order valence-corrected chi connectivity index (χ0v) is 22.5. The van der Waals surface area contributed by atoms with Gasteiger partial charge in [0.1, 0.15) is 5.82 Å². The first kappa shape index (κ1) is 28.8. The molecule has 0 fully saturated rings. The average Bonchev–Trinajstić information content (AvgIpc) is 2.87. The highest BCUT2D eigenvalue weighted by molar-refractivity contribution is 6.30. The molecule has 0 amide bonds. The maximum absolute atomic E-state index is 14.2. The van der Waals surface area contributed by atoms with E-state index in [0.717, 1.165) is 22.3 Å². The largest absolute Gasteiger partial charge is 0.478 e. The van der Waals surface area contributed by atoms with E-state index in [1.807, 2.05) is 64.1 Å². The Kier molecular flexibility index (Phi) is 9.85. The minimum absolute atomic E-state index is 0.117. The van der Waals surface area contributed by atoms with Crippen LogP contribution in [-0.2, 0) is 17.6 Å². The molecule has 0 aliphatic rings. The van der Waals surface area contributed by atoms with Crippen LogP contribution in [0.25, 0.3) is 11.1 Å². The molecule has 3 aromatic rings. The van der Waals surface area contributed by atoms with Crippen LogP contribution in [0.15, 0.2) is 60.7 Å². The fraction of sp³-hybridized carbons (Fsp3) is 0.367. The average molecular weight is 528 g/mol. The van der Waals surface area contributed by atoms with Gasteiger partial charge in [-0.2, -0.15) is 0 Å². The van der Waals surface area contributed by atoms with E-state index in [1.165, 1.54) is 6.07 Å². The lowest BCUT2D eigenvalue weighted by atomic mass is 9.93. The monoisotopic (exact) mass is 527 g/mol. The molecule has 5 nitrogen and oxygen atoms in total. The molecule has 0 heterocycles. The van der Waals surface area contributed by atoms with Crippen molar-refractivity contribution in [2.75, 3.05) is 13.2 Å². The topological polar surface area (TPSA) is 78.8 Å². The number of aliphatic hydroxyl groups is 1. The first-order valence-corrected chi connectivity index (χ1v) is 12.8. The van der Waals surface area contributed by atoms with Crippen molar-refractivity contribution in [1.82, 2.24) is 5.32 Å². The van der Waals surface area contributed by atoms with Gasteiger partial charge in [0.2, 0.25) is 0 Å². The number of aliphatic hydroxyl groups excluding tert-OH is 1. The number of benzene rings is 3. The minimum Gasteiger partial charge on any atom is -0.478 e. The van der Waals surface area contributed by atoms with E-state index in [9.17, 15) is 19.4 Å². The molecule has 0 radical (unpaired) electrons. The van der Waals surface area contributed by atoms with E-state index < -0.39 is 17.6 Å². The first-order valence-electron chi connectivity index (χ1n) is 12.4. The summed E-state index contributed by atoms with van der Waals surface area (Å²) >= 11 is 5.85. The van der Waals surface area contributed by atoms with Gasteiger partial charge in [-0.25, -0.2) is 9.18 Å². The molecule has 0 aliphatic carbocycles. The maximum atomic E-state index is 14.2. The van der Waals surface area contributed by atoms with Crippen molar-refractivity contribution in [2.45, 2.75) is 58.3 Å². The van der Waals surface area contributed by atoms with Crippen molar-refractivity contribution < 1.29 is 24.1 Å². The molecule has 198 valence electrons. The van der Waals surface area contributed by atoms with Gasteiger partial charge in [0.05, 0.1) is 24.4 Å². The summed E-state index contributed by atoms with van der Waals surface area (Å²) in [5, 5.41) is 23.7. The highest BCUT2D eigenvalue weighted by atomic mass is 35.5. The zero-order valence-electron chi connectivity index (χ0n) is 21.7. The van der Waals surface area contributed by atoms with Gasteiger partial charge in [0.15, 0.2) is 0 Å². The Morgan fingerprint density at radius 2 is 1.84 bits per heavy atom. The lowest BCUT2D eigenvalue weighted by molar-refractivity contribution is -0.00398. The number of rotatable bonds is 12. The standard InChI is InChI=1S/C30H35ClFNO4/c1-5-20-14-21(11-13-27(20)29(35)36)26-9-7-6-8-25(26)19(2)37-18-24(34)17-33-30(3,4)16-22-10-12-23(31)15-28(22)32/h6-15,19,24,33-34H,5,16-18H2,1-4H3,(H,35,36)/t19-,24-/m1/s1. The fourth-order valence-corrected chi connectivity index (χ4v) is 4.54. The number of β-amino-alcohol motifs (C(OH)–C–C–N with tert-alkyl or cyclic N) is 1. The van der Waals surface area contributed by atoms with E-state index >= 15 is 0 Å². The molecule has 7 heteroatoms. The van der Waals surface area contributed by atoms with Gasteiger partial charge in [-0.1, -0.05) is 61.0 Å². The second-order valence-corrected chi connectivity index (χ2v) is 10.4. The Morgan fingerprint density at radius 3 is 2.51 bits per heavy atom. The molecule has 3 aromatic carbocycles. The second-order valence-electron chi connectivity index (χ2n) is 9.92. The molecule has 2 atom stereocenters. The number of carbonyl (C=O) groups is 1. The third kappa shape index (κ3) is 7.86. The van der Waals surface area contributed by atoms with Crippen LogP contribution in [0.5, 0.6) is 0 Å². The summed E-state index contributed by atoms with van der Waals surface area (Å²) in [5.41, 5.74) is 4.02. The number of hydrogen-bond acceptors (Lipinski definition) is 4. The van der Waals surface area contributed by atoms with Crippen molar-refractivity contribution in [3.05, 3.63) is 93.8 Å². The van der Waals surface area contributed by atoms with Gasteiger partial charge in [0, 0.05) is 17.1 Å². The van der Waals surface area contributed by atoms with E-state index in [1.54, 1.807) is 18.2 Å². The van der Waals surface area contributed by atoms with Crippen LogP contribution in [0.4, 0.5) is 4.39 Å². The van der Waals surface area contributed by atoms with Gasteiger partial charge >= 0.3 is 5.97 Å². The van der Waals surface area contributed by atoms with Crippen molar-refractivity contribution in [3.63, 3.8) is 0 Å². The molecule has 3 N–H and O–H groups in total. The molecule has 0 aliphatic heterocycles. The highest BCUT2D eigenvalue weighted by Crippen LogP contribution is 2.31. The van der Waals surface area contributed by atoms with Gasteiger partial charge < -0.3 is 20.3 Å². The summed E-state index contributed by atoms with van der Waals surface area (Å²) in [4.78, 5) is 11.5. The van der Waals surface area contributed by atoms with Crippen LogP contribution in [0.3, 0.4) is 0 Å². The van der Waals surface area contributed by atoms with Gasteiger partial charge in [0.25, 0.3) is 0 Å². The van der Waals surface area contributed by atoms with E-state index in [0.29, 0.717) is 29.0 Å². The third-order valence-electron chi connectivity index (χ3n) is 6.43. The SMILES string of the molecule is CCc1cc(-c2ccccc2[C@@H](C)OC[C@H](O)CNC(C)(C)Cc2ccc(Cl)cc2F)ccc1C(=O)O. The Morgan fingerprint density at radius 1 is 1.11 bits per heavy atom. The summed E-state index contributed by atoms with van der Waals surface area (Å²) < 4.78 is 20.2. The van der Waals surface area contributed by atoms with Crippen LogP contribution >= 0.6 is 11.6 Å². The summed E-state index contributed by atoms with van der Waals surface area (Å²) in [6.07, 6.45) is -0.00533. The molecule has 0 saturated carbocycles. The normalized spacial score (nSPS) is 13.4. The number of hydrogen-bond donors (Lipinski definition) is 3. The van der Waals surface area contributed by atoms with Crippen LogP contribution < -0.4 is 5.32 Å². The van der Waals surface area contributed by atoms with Crippen LogP contribution in [0, 0.1) is 5.82 Å². The molecule has 3 rings (SSSR count). The first-order chi connectivity index (χ1) is 17.5. The number of carboxylic acids is 1. The van der Waals surface area contributed by atoms with Gasteiger partial charge in [-0.15, -0.1) is 0 Å². The van der Waals surface area contributed by atoms with Crippen molar-refractivity contribution in [2.24, 2.45) is 0 Å². The molecule has 0 spiro atoms. The van der Waals surface area contributed by atoms with Gasteiger partial charge in [-0.05, 0) is 79.6 Å². The number of carboxylic acid groups (broad SMARTS) is 1. The van der Waals surface area contributed by atoms with E-state index in [2.05, 4.69) is 5.32 Å². The molecular formula is C30H35ClFNO4. The second kappa shape index (κ2) is 12.7. The minimum atomic E-state index is -0.933. The Labute approximate surface area is 223 Å². The molecule has 0 saturated heterocycles. The predicted molar refractivity (Wildman–Crippen MR) is 146 cm³/mol. The Balaban J connectivity index is 1.61. The summed E-state index contributed by atoms with van der Waals surface area (Å²) in [6, 6.07) is 17.9. The molecule has 37 heavy (non-hydrogen) atoms.